The minimum atomic E-state index is -1.39. The fraction of sp³-hybridized carbons (Fsp3) is 0.800. The number of aliphatic imine (C=N–C) groups is 1. The maximum absolute atomic E-state index is 4.97. The molecule has 1 rings (SSSR count). The Labute approximate surface area is 108 Å². The van der Waals surface area contributed by atoms with E-state index in [4.69, 9.17) is 4.99 Å². The van der Waals surface area contributed by atoms with Gasteiger partial charge in [-0.1, -0.05) is 50.6 Å². The molecule has 0 aromatic heterocycles. The molecule has 1 nitrogen and oxygen atoms in total. The molecule has 0 aromatic carbocycles. The fourth-order valence-corrected chi connectivity index (χ4v) is 6.01. The summed E-state index contributed by atoms with van der Waals surface area (Å²) in [5, 5.41) is 3.25. The Balaban J connectivity index is 2.93. The molecule has 2 heteroatoms. The highest BCUT2D eigenvalue weighted by Crippen LogP contribution is 2.26. The van der Waals surface area contributed by atoms with Crippen LogP contribution in [0.15, 0.2) is 16.3 Å². The number of hydrogen-bond acceptors (Lipinski definition) is 1. The first-order valence-corrected chi connectivity index (χ1v) is 10.1. The second-order valence-corrected chi connectivity index (χ2v) is 10.2. The molecule has 0 N–H and O–H groups in total. The third-order valence-corrected chi connectivity index (χ3v) is 9.39. The van der Waals surface area contributed by atoms with Crippen molar-refractivity contribution in [1.82, 2.24) is 0 Å². The monoisotopic (exact) mass is 251 g/mol. The van der Waals surface area contributed by atoms with Gasteiger partial charge in [0.2, 0.25) is 0 Å². The van der Waals surface area contributed by atoms with Crippen LogP contribution in [0.4, 0.5) is 0 Å². The Kier molecular flexibility index (Phi) is 6.18. The van der Waals surface area contributed by atoms with Gasteiger partial charge in [0.15, 0.2) is 0 Å². The van der Waals surface area contributed by atoms with Gasteiger partial charge < -0.3 is 0 Å². The van der Waals surface area contributed by atoms with E-state index in [1.165, 1.54) is 44.6 Å². The Hall–Kier alpha value is -0.373. The molecule has 1 aliphatic rings. The van der Waals surface area contributed by atoms with Gasteiger partial charge in [0.1, 0.15) is 8.07 Å². The summed E-state index contributed by atoms with van der Waals surface area (Å²) in [4.78, 5) is 4.97. The molecule has 0 aliphatic carbocycles. The average molecular weight is 251 g/mol. The van der Waals surface area contributed by atoms with Crippen LogP contribution in [0.2, 0.25) is 12.6 Å². The normalized spacial score (nSPS) is 22.4. The summed E-state index contributed by atoms with van der Waals surface area (Å²) in [6, 6.07) is 1.31. The summed E-state index contributed by atoms with van der Waals surface area (Å²) in [5.74, 6) is 0. The predicted molar refractivity (Wildman–Crippen MR) is 81.5 cm³/mol. The van der Waals surface area contributed by atoms with E-state index in [0.717, 1.165) is 6.54 Å². The van der Waals surface area contributed by atoms with Crippen molar-refractivity contribution < 1.29 is 0 Å². The summed E-state index contributed by atoms with van der Waals surface area (Å²) in [6.45, 7) is 10.6. The Morgan fingerprint density at radius 1 is 1.24 bits per heavy atom. The third kappa shape index (κ3) is 3.80. The van der Waals surface area contributed by atoms with Gasteiger partial charge in [-0.25, -0.2) is 0 Å². The van der Waals surface area contributed by atoms with Crippen LogP contribution in [0.1, 0.15) is 59.3 Å². The third-order valence-electron chi connectivity index (χ3n) is 4.35. The molecule has 1 unspecified atom stereocenters. The smallest absolute Gasteiger partial charge is 0.127 e. The summed E-state index contributed by atoms with van der Waals surface area (Å²) in [5.41, 5.74) is 0. The number of hydrogen-bond donors (Lipinski definition) is 0. The van der Waals surface area contributed by atoms with Crippen LogP contribution in [-0.2, 0) is 0 Å². The molecule has 0 saturated carbocycles. The highest BCUT2D eigenvalue weighted by atomic mass is 28.3. The van der Waals surface area contributed by atoms with Crippen molar-refractivity contribution in [3.63, 3.8) is 0 Å². The second kappa shape index (κ2) is 7.15. The first-order valence-electron chi connectivity index (χ1n) is 7.36. The maximum Gasteiger partial charge on any atom is 0.127 e. The van der Waals surface area contributed by atoms with Crippen molar-refractivity contribution in [2.75, 3.05) is 6.54 Å². The molecular formula is C15H29NSi. The summed E-state index contributed by atoms with van der Waals surface area (Å²) in [7, 11) is -1.39. The van der Waals surface area contributed by atoms with E-state index >= 15 is 0 Å². The fourth-order valence-electron chi connectivity index (χ4n) is 2.74. The van der Waals surface area contributed by atoms with Crippen molar-refractivity contribution in [3.05, 3.63) is 11.3 Å². The molecular weight excluding hydrogens is 222 g/mol. The van der Waals surface area contributed by atoms with E-state index in [-0.39, 0.29) is 0 Å². The molecule has 1 aliphatic heterocycles. The van der Waals surface area contributed by atoms with Crippen LogP contribution in [0.3, 0.4) is 0 Å². The SMILES string of the molecule is CC/C=C(\C)[Si](C)(CC)C1=NCCCCCC1. The summed E-state index contributed by atoms with van der Waals surface area (Å²) < 4.78 is 0. The molecule has 1 heterocycles. The van der Waals surface area contributed by atoms with Gasteiger partial charge in [-0.15, -0.1) is 0 Å². The molecule has 0 fully saturated rings. The molecule has 0 amide bonds. The quantitative estimate of drug-likeness (QED) is 0.629. The topological polar surface area (TPSA) is 12.4 Å². The van der Waals surface area contributed by atoms with Gasteiger partial charge in [0.05, 0.1) is 0 Å². The zero-order chi connectivity index (χ0) is 12.7. The Morgan fingerprint density at radius 3 is 2.59 bits per heavy atom. The van der Waals surface area contributed by atoms with E-state index in [2.05, 4.69) is 33.4 Å². The van der Waals surface area contributed by atoms with Crippen molar-refractivity contribution in [3.8, 4) is 0 Å². The highest BCUT2D eigenvalue weighted by molar-refractivity contribution is 7.10. The van der Waals surface area contributed by atoms with Crippen molar-refractivity contribution in [2.24, 2.45) is 4.99 Å². The van der Waals surface area contributed by atoms with Gasteiger partial charge in [-0.3, -0.25) is 4.99 Å². The Morgan fingerprint density at radius 2 is 1.94 bits per heavy atom. The van der Waals surface area contributed by atoms with E-state index in [1.54, 1.807) is 10.5 Å². The minimum absolute atomic E-state index is 1.08. The molecule has 0 radical (unpaired) electrons. The van der Waals surface area contributed by atoms with Crippen molar-refractivity contribution in [2.45, 2.75) is 71.9 Å². The molecule has 0 spiro atoms. The second-order valence-electron chi connectivity index (χ2n) is 5.47. The lowest BCUT2D eigenvalue weighted by Gasteiger charge is -2.30. The largest absolute Gasteiger partial charge is 0.298 e. The molecule has 0 bridgehead atoms. The van der Waals surface area contributed by atoms with E-state index in [9.17, 15) is 0 Å². The molecule has 0 saturated heterocycles. The number of allylic oxidation sites excluding steroid dienone is 2. The molecule has 1 atom stereocenters. The maximum atomic E-state index is 4.97. The minimum Gasteiger partial charge on any atom is -0.298 e. The zero-order valence-electron chi connectivity index (χ0n) is 12.2. The lowest BCUT2D eigenvalue weighted by atomic mass is 10.1. The van der Waals surface area contributed by atoms with Crippen LogP contribution >= 0.6 is 0 Å². The molecule has 98 valence electrons. The van der Waals surface area contributed by atoms with Gasteiger partial charge in [-0.05, 0) is 32.6 Å². The lowest BCUT2D eigenvalue weighted by Crippen LogP contribution is -2.42. The van der Waals surface area contributed by atoms with Crippen molar-refractivity contribution >= 4 is 13.4 Å². The van der Waals surface area contributed by atoms with Crippen LogP contribution < -0.4 is 0 Å². The molecule has 0 aromatic rings. The van der Waals surface area contributed by atoms with E-state index in [1.807, 2.05) is 0 Å². The first-order chi connectivity index (χ1) is 8.15. The van der Waals surface area contributed by atoms with Gasteiger partial charge in [0.25, 0.3) is 0 Å². The van der Waals surface area contributed by atoms with Gasteiger partial charge in [0, 0.05) is 11.9 Å². The standard InChI is InChI=1S/C15H29NSi/c1-5-11-14(3)17(4,6-2)15-12-9-7-8-10-13-16-15/h11H,5-10,12-13H2,1-4H3/b14-11+,16-15?. The van der Waals surface area contributed by atoms with Gasteiger partial charge in [-0.2, -0.15) is 0 Å². The van der Waals surface area contributed by atoms with Crippen LogP contribution in [0.5, 0.6) is 0 Å². The van der Waals surface area contributed by atoms with Crippen LogP contribution in [0, 0.1) is 0 Å². The lowest BCUT2D eigenvalue weighted by molar-refractivity contribution is 0.646. The summed E-state index contributed by atoms with van der Waals surface area (Å²) >= 11 is 0. The average Bonchev–Trinajstić information content (AvgIpc) is 2.28. The summed E-state index contributed by atoms with van der Waals surface area (Å²) in [6.07, 6.45) is 10.3. The predicted octanol–water partition coefficient (Wildman–Crippen LogP) is 4.92. The Bertz CT molecular complexity index is 293. The highest BCUT2D eigenvalue weighted by Gasteiger charge is 2.32. The van der Waals surface area contributed by atoms with Crippen LogP contribution in [-0.4, -0.2) is 20.0 Å². The molecule has 17 heavy (non-hydrogen) atoms. The number of nitrogens with zero attached hydrogens (tertiary/aromatic N) is 1. The zero-order valence-corrected chi connectivity index (χ0v) is 13.2. The first kappa shape index (κ1) is 14.7. The van der Waals surface area contributed by atoms with E-state index < -0.39 is 8.07 Å². The van der Waals surface area contributed by atoms with Gasteiger partial charge >= 0.3 is 0 Å². The number of rotatable bonds is 4. The van der Waals surface area contributed by atoms with Crippen molar-refractivity contribution in [1.29, 1.82) is 0 Å². The van der Waals surface area contributed by atoms with Crippen LogP contribution in [0.25, 0.3) is 0 Å². The van der Waals surface area contributed by atoms with E-state index in [0.29, 0.717) is 0 Å².